The summed E-state index contributed by atoms with van der Waals surface area (Å²) >= 11 is 0. The molecule has 0 radical (unpaired) electrons. The minimum absolute atomic E-state index is 0.0129. The molecule has 0 bridgehead atoms. The third kappa shape index (κ3) is 23.1. The second-order valence-electron chi connectivity index (χ2n) is 30.3. The predicted octanol–water partition coefficient (Wildman–Crippen LogP) is 29.2. The summed E-state index contributed by atoms with van der Waals surface area (Å²) in [6.07, 6.45) is -13.0. The lowest BCUT2D eigenvalue weighted by Crippen LogP contribution is -2.07. The fourth-order valence-corrected chi connectivity index (χ4v) is 14.1. The van der Waals surface area contributed by atoms with E-state index in [0.29, 0.717) is 72.8 Å². The standard InChI is InChI=1S/C22H15F3N2O.C21H14F3N3O.C21H13F3N2O.2C20H12F3N3O/c1-14-7-5-6-10-19(14)20-26-21(28-27-20)17-11-16(15-8-3-2-4-9-15)12-18(13-17)22(23,24)25;1-13-9-16(12-25-11-13)19-26-20(28-27-19)15-7-8-17(14-5-3-2-4-6-14)18(10-15)21(22,23)24;22-21(23,24)18-12-16(14-7-3-1-4-8-14)11-17(13-18)20-25-19(26-27-20)15-9-5-2-6-10-15;21-20(22,23)17-11-14(8-9-16(17)13-5-2-1-3-6-13)19-25-18(26-27-19)15-7-4-10-24-12-15;21-20(22,23)17-11-15(13-4-2-1-3-5-13)10-16(12-17)19-25-18(26-27-19)14-6-8-24-9-7-14/h2-13H,1H3;2-12H,1H3;1-13H;2*1-12H. The first kappa shape index (κ1) is 93.0. The summed E-state index contributed by atoms with van der Waals surface area (Å²) in [5.41, 5.74) is 6.95. The normalized spacial score (nSPS) is 11.5. The number of aromatic nitrogens is 13. The second-order valence-corrected chi connectivity index (χ2v) is 30.3. The molecule has 137 heavy (non-hydrogen) atoms. The molecule has 8 aromatic heterocycles. The molecule has 8 heterocycles. The minimum Gasteiger partial charge on any atom is -0.334 e. The average Bonchev–Trinajstić information content (AvgIpc) is 1.66. The molecule has 682 valence electrons. The molecule has 33 heteroatoms. The first-order valence-corrected chi connectivity index (χ1v) is 41.3. The first-order valence-electron chi connectivity index (χ1n) is 41.3. The van der Waals surface area contributed by atoms with Crippen LogP contribution < -0.4 is 0 Å². The number of pyridine rings is 3. The Labute approximate surface area is 768 Å². The van der Waals surface area contributed by atoms with Crippen LogP contribution in [0, 0.1) is 13.8 Å². The van der Waals surface area contributed by atoms with Gasteiger partial charge in [0.1, 0.15) is 0 Å². The number of halogens is 15. The molecule has 0 aliphatic carbocycles. The molecule has 12 aromatic carbocycles. The number of hydrogen-bond acceptors (Lipinski definition) is 18. The van der Waals surface area contributed by atoms with Crippen molar-refractivity contribution in [1.82, 2.24) is 65.7 Å². The van der Waals surface area contributed by atoms with Crippen molar-refractivity contribution in [3.8, 4) is 170 Å². The van der Waals surface area contributed by atoms with Crippen molar-refractivity contribution >= 4 is 0 Å². The highest BCUT2D eigenvalue weighted by atomic mass is 19.4. The molecule has 0 aliphatic heterocycles. The minimum atomic E-state index is -4.52. The molecule has 0 saturated heterocycles. The zero-order valence-electron chi connectivity index (χ0n) is 71.2. The van der Waals surface area contributed by atoms with E-state index in [-0.39, 0.29) is 85.9 Å². The van der Waals surface area contributed by atoms with Crippen molar-refractivity contribution < 1.29 is 88.5 Å². The number of nitrogens with zero attached hydrogens (tertiary/aromatic N) is 13. The number of rotatable bonds is 15. The molecule has 0 saturated carbocycles. The number of alkyl halides is 15. The molecule has 0 spiro atoms. The number of benzene rings is 12. The van der Waals surface area contributed by atoms with Crippen molar-refractivity contribution in [3.05, 3.63) is 404 Å². The molecular formula is C104H66F15N13O5. The monoisotopic (exact) mass is 1860 g/mol. The van der Waals surface area contributed by atoms with E-state index < -0.39 is 58.7 Å². The largest absolute Gasteiger partial charge is 0.417 e. The topological polar surface area (TPSA) is 233 Å². The summed E-state index contributed by atoms with van der Waals surface area (Å²) in [6, 6.07) is 87.9. The van der Waals surface area contributed by atoms with E-state index in [1.54, 1.807) is 237 Å². The van der Waals surface area contributed by atoms with Gasteiger partial charge in [-0.1, -0.05) is 244 Å². The Morgan fingerprint density at radius 3 is 0.861 bits per heavy atom. The van der Waals surface area contributed by atoms with Crippen LogP contribution in [0.1, 0.15) is 38.9 Å². The predicted molar refractivity (Wildman–Crippen MR) is 481 cm³/mol. The molecular weight excluding hydrogens is 1800 g/mol. The van der Waals surface area contributed by atoms with Gasteiger partial charge >= 0.3 is 30.9 Å². The third-order valence-corrected chi connectivity index (χ3v) is 20.7. The van der Waals surface area contributed by atoms with Crippen LogP contribution >= 0.6 is 0 Å². The van der Waals surface area contributed by atoms with Gasteiger partial charge in [-0.15, -0.1) is 0 Å². The third-order valence-electron chi connectivity index (χ3n) is 20.7. The van der Waals surface area contributed by atoms with Crippen LogP contribution in [0.4, 0.5) is 65.9 Å². The van der Waals surface area contributed by atoms with Gasteiger partial charge in [0.15, 0.2) is 0 Å². The summed E-state index contributed by atoms with van der Waals surface area (Å²) < 4.78 is 229. The average molecular weight is 1860 g/mol. The Morgan fingerprint density at radius 2 is 0.504 bits per heavy atom. The quantitative estimate of drug-likeness (QED) is 0.0868. The van der Waals surface area contributed by atoms with E-state index in [4.69, 9.17) is 22.6 Å². The van der Waals surface area contributed by atoms with E-state index >= 15 is 0 Å². The zero-order valence-corrected chi connectivity index (χ0v) is 71.2. The van der Waals surface area contributed by atoms with Crippen molar-refractivity contribution in [2.75, 3.05) is 0 Å². The van der Waals surface area contributed by atoms with Gasteiger partial charge in [0.05, 0.1) is 27.8 Å². The van der Waals surface area contributed by atoms with Crippen LogP contribution in [-0.4, -0.2) is 65.7 Å². The lowest BCUT2D eigenvalue weighted by Gasteiger charge is -2.14. The summed E-state index contributed by atoms with van der Waals surface area (Å²) in [5.74, 6) is 1.61. The molecule has 18 nitrogen and oxygen atoms in total. The number of hydrogen-bond donors (Lipinski definition) is 0. The Balaban J connectivity index is 0.000000124. The molecule has 0 aliphatic rings. The Kier molecular flexibility index (Phi) is 27.5. The highest BCUT2D eigenvalue weighted by molar-refractivity contribution is 5.78. The summed E-state index contributed by atoms with van der Waals surface area (Å²) in [5, 5.41) is 19.4. The second kappa shape index (κ2) is 40.4. The van der Waals surface area contributed by atoms with Crippen LogP contribution in [0.2, 0.25) is 0 Å². The summed E-state index contributed by atoms with van der Waals surface area (Å²) in [7, 11) is 0. The zero-order chi connectivity index (χ0) is 96.0. The van der Waals surface area contributed by atoms with Crippen LogP contribution in [-0.2, 0) is 30.9 Å². The maximum atomic E-state index is 13.7. The summed E-state index contributed by atoms with van der Waals surface area (Å²) in [4.78, 5) is 33.2. The Hall–Kier alpha value is -17.3. The Morgan fingerprint density at radius 1 is 0.197 bits per heavy atom. The van der Waals surface area contributed by atoms with Gasteiger partial charge in [-0.25, -0.2) is 0 Å². The molecule has 0 amide bonds. The lowest BCUT2D eigenvalue weighted by molar-refractivity contribution is -0.138. The highest BCUT2D eigenvalue weighted by Gasteiger charge is 2.38. The maximum Gasteiger partial charge on any atom is 0.417 e. The van der Waals surface area contributed by atoms with Crippen LogP contribution in [0.5, 0.6) is 0 Å². The van der Waals surface area contributed by atoms with Gasteiger partial charge in [0.25, 0.3) is 29.5 Å². The van der Waals surface area contributed by atoms with E-state index in [0.717, 1.165) is 70.8 Å². The van der Waals surface area contributed by atoms with E-state index in [1.165, 1.54) is 18.2 Å². The van der Waals surface area contributed by atoms with Crippen LogP contribution in [0.15, 0.2) is 387 Å². The van der Waals surface area contributed by atoms with Crippen molar-refractivity contribution in [1.29, 1.82) is 0 Å². The molecule has 0 unspecified atom stereocenters. The van der Waals surface area contributed by atoms with E-state index in [9.17, 15) is 65.9 Å². The van der Waals surface area contributed by atoms with Crippen molar-refractivity contribution in [2.45, 2.75) is 44.7 Å². The Bertz CT molecular complexity index is 7300. The highest BCUT2D eigenvalue weighted by Crippen LogP contribution is 2.45. The molecule has 0 atom stereocenters. The molecule has 20 aromatic rings. The van der Waals surface area contributed by atoms with Gasteiger partial charge in [-0.2, -0.15) is 90.8 Å². The molecule has 0 N–H and O–H groups in total. The molecule has 0 fully saturated rings. The number of aryl methyl sites for hydroxylation is 2. The van der Waals surface area contributed by atoms with Gasteiger partial charge in [-0.3, -0.25) is 15.0 Å². The summed E-state index contributed by atoms with van der Waals surface area (Å²) in [6.45, 7) is 3.78. The fourth-order valence-electron chi connectivity index (χ4n) is 14.1. The SMILES string of the molecule is Cc1ccccc1-c1noc(-c2cc(-c3ccccc3)cc(C(F)(F)F)c2)n1.Cc1cncc(-c2noc(-c3ccc(-c4ccccc4)c(C(F)(F)F)c3)n2)c1.FC(F)(F)c1cc(-c2ccccc2)cc(-c2nc(-c3ccccc3)no2)c1.FC(F)(F)c1cc(-c2ccccc2)cc(-c2nc(-c3ccncc3)no2)c1.FC(F)(F)c1cc(-c2nc(-c3cccnc3)no2)ccc1-c1ccccc1. The van der Waals surface area contributed by atoms with Crippen molar-refractivity contribution in [2.24, 2.45) is 0 Å². The fraction of sp³-hybridized carbons (Fsp3) is 0.0673. The van der Waals surface area contributed by atoms with Crippen molar-refractivity contribution in [3.63, 3.8) is 0 Å². The van der Waals surface area contributed by atoms with Gasteiger partial charge < -0.3 is 22.6 Å². The van der Waals surface area contributed by atoms with Gasteiger partial charge in [0, 0.05) is 92.8 Å². The van der Waals surface area contributed by atoms with Gasteiger partial charge in [0.2, 0.25) is 29.1 Å². The van der Waals surface area contributed by atoms with Gasteiger partial charge in [-0.05, 0) is 190 Å². The van der Waals surface area contributed by atoms with E-state index in [2.05, 4.69) is 65.7 Å². The maximum absolute atomic E-state index is 13.7. The van der Waals surface area contributed by atoms with E-state index in [1.807, 2.05) is 74.5 Å². The smallest absolute Gasteiger partial charge is 0.334 e. The lowest BCUT2D eigenvalue weighted by atomic mass is 9.97. The van der Waals surface area contributed by atoms with Crippen LogP contribution in [0.3, 0.4) is 0 Å². The first-order chi connectivity index (χ1) is 65.9. The van der Waals surface area contributed by atoms with Crippen LogP contribution in [0.25, 0.3) is 170 Å². The molecule has 20 rings (SSSR count).